The Hall–Kier alpha value is -2.22. The van der Waals surface area contributed by atoms with Gasteiger partial charge in [0.1, 0.15) is 11.0 Å². The van der Waals surface area contributed by atoms with Crippen LogP contribution in [0.25, 0.3) is 0 Å². The largest absolute Gasteiger partial charge is 0.468 e. The number of hydrogen-bond donors (Lipinski definition) is 0. The summed E-state index contributed by atoms with van der Waals surface area (Å²) >= 11 is 0. The number of rotatable bonds is 5. The average Bonchev–Trinajstić information content (AvgIpc) is 2.76. The van der Waals surface area contributed by atoms with Crippen molar-refractivity contribution in [1.82, 2.24) is 0 Å². The third-order valence-electron chi connectivity index (χ3n) is 6.35. The molecular formula is C23H26O6S. The predicted molar refractivity (Wildman–Crippen MR) is 111 cm³/mol. The van der Waals surface area contributed by atoms with Crippen molar-refractivity contribution in [3.8, 4) is 0 Å². The maximum absolute atomic E-state index is 13.3. The maximum atomic E-state index is 13.3. The highest BCUT2D eigenvalue weighted by Crippen LogP contribution is 2.60. The second kappa shape index (κ2) is 7.80. The SMILES string of the molecule is COC(=O)[C@]12CCc3ccccc3[C@@]1(c1ccccc1)OC(COS(C)(=O)=O)CC2. The zero-order chi connectivity index (χ0) is 21.4. The lowest BCUT2D eigenvalue weighted by molar-refractivity contribution is -0.219. The summed E-state index contributed by atoms with van der Waals surface area (Å²) in [7, 11) is -2.20. The third kappa shape index (κ3) is 3.35. The van der Waals surface area contributed by atoms with Gasteiger partial charge in [0.25, 0.3) is 10.1 Å². The summed E-state index contributed by atoms with van der Waals surface area (Å²) in [6.45, 7) is -0.0904. The van der Waals surface area contributed by atoms with E-state index in [4.69, 9.17) is 13.7 Å². The van der Waals surface area contributed by atoms with Gasteiger partial charge in [-0.3, -0.25) is 8.98 Å². The lowest BCUT2D eigenvalue weighted by Gasteiger charge is -2.56. The van der Waals surface area contributed by atoms with E-state index in [2.05, 4.69) is 6.07 Å². The van der Waals surface area contributed by atoms with Gasteiger partial charge in [-0.1, -0.05) is 54.6 Å². The predicted octanol–water partition coefficient (Wildman–Crippen LogP) is 3.19. The molecule has 7 heteroatoms. The van der Waals surface area contributed by atoms with Crippen LogP contribution in [0.5, 0.6) is 0 Å². The Morgan fingerprint density at radius 2 is 1.80 bits per heavy atom. The van der Waals surface area contributed by atoms with Crippen molar-refractivity contribution in [2.45, 2.75) is 37.4 Å². The standard InChI is InChI=1S/C23H26O6S/c1-27-21(24)22-14-12-17-8-6-7-11-20(17)23(22,18-9-4-3-5-10-18)29-19(13-15-22)16-28-30(2,25)26/h3-11,19H,12-16H2,1-2H3/t19?,22-,23-/m1/s1. The summed E-state index contributed by atoms with van der Waals surface area (Å²) in [5.74, 6) is -0.302. The van der Waals surface area contributed by atoms with Crippen LogP contribution in [0, 0.1) is 5.41 Å². The molecule has 0 N–H and O–H groups in total. The fourth-order valence-electron chi connectivity index (χ4n) is 5.09. The van der Waals surface area contributed by atoms with E-state index in [1.54, 1.807) is 0 Å². The number of esters is 1. The van der Waals surface area contributed by atoms with Crippen molar-refractivity contribution in [1.29, 1.82) is 0 Å². The minimum absolute atomic E-state index is 0.0904. The summed E-state index contributed by atoms with van der Waals surface area (Å²) in [4.78, 5) is 13.3. The van der Waals surface area contributed by atoms with Crippen molar-refractivity contribution in [3.63, 3.8) is 0 Å². The molecule has 4 rings (SSSR count). The van der Waals surface area contributed by atoms with Crippen LogP contribution in [-0.2, 0) is 40.6 Å². The molecule has 0 amide bonds. The molecule has 2 aromatic carbocycles. The monoisotopic (exact) mass is 430 g/mol. The van der Waals surface area contributed by atoms with E-state index in [9.17, 15) is 13.2 Å². The summed E-state index contributed by atoms with van der Waals surface area (Å²) in [6, 6.07) is 17.7. The van der Waals surface area contributed by atoms with Crippen LogP contribution in [0.1, 0.15) is 36.0 Å². The molecule has 2 aromatic rings. The lowest BCUT2D eigenvalue weighted by atomic mass is 9.55. The van der Waals surface area contributed by atoms with Crippen LogP contribution in [0.2, 0.25) is 0 Å². The van der Waals surface area contributed by atoms with Crippen LogP contribution in [-0.4, -0.2) is 40.5 Å². The highest BCUT2D eigenvalue weighted by atomic mass is 32.2. The van der Waals surface area contributed by atoms with Gasteiger partial charge in [-0.25, -0.2) is 0 Å². The van der Waals surface area contributed by atoms with Crippen molar-refractivity contribution in [3.05, 3.63) is 71.3 Å². The number of hydrogen-bond acceptors (Lipinski definition) is 6. The van der Waals surface area contributed by atoms with Crippen LogP contribution < -0.4 is 0 Å². The quantitative estimate of drug-likeness (QED) is 0.535. The number of methoxy groups -OCH3 is 1. The van der Waals surface area contributed by atoms with Gasteiger partial charge in [0.15, 0.2) is 0 Å². The highest BCUT2D eigenvalue weighted by molar-refractivity contribution is 7.85. The van der Waals surface area contributed by atoms with Gasteiger partial charge in [-0.15, -0.1) is 0 Å². The average molecular weight is 431 g/mol. The van der Waals surface area contributed by atoms with Gasteiger partial charge in [-0.2, -0.15) is 8.42 Å². The lowest BCUT2D eigenvalue weighted by Crippen LogP contribution is -2.61. The Balaban J connectivity index is 1.92. The van der Waals surface area contributed by atoms with Crippen LogP contribution in [0.4, 0.5) is 0 Å². The van der Waals surface area contributed by atoms with E-state index in [1.165, 1.54) is 7.11 Å². The van der Waals surface area contributed by atoms with Gasteiger partial charge in [0.2, 0.25) is 0 Å². The van der Waals surface area contributed by atoms with E-state index < -0.39 is 27.2 Å². The molecule has 1 unspecified atom stereocenters. The van der Waals surface area contributed by atoms with E-state index in [0.717, 1.165) is 29.4 Å². The number of carbonyl (C=O) groups is 1. The normalized spacial score (nSPS) is 28.3. The van der Waals surface area contributed by atoms with E-state index >= 15 is 0 Å². The molecule has 6 nitrogen and oxygen atoms in total. The molecule has 0 saturated carbocycles. The van der Waals surface area contributed by atoms with E-state index in [0.29, 0.717) is 19.3 Å². The minimum Gasteiger partial charge on any atom is -0.468 e. The fourth-order valence-corrected chi connectivity index (χ4v) is 5.49. The zero-order valence-electron chi connectivity index (χ0n) is 17.2. The Bertz CT molecular complexity index is 1030. The first-order valence-electron chi connectivity index (χ1n) is 10.1. The number of ether oxygens (including phenoxy) is 2. The zero-order valence-corrected chi connectivity index (χ0v) is 18.0. The summed E-state index contributed by atoms with van der Waals surface area (Å²) in [6.07, 6.45) is 2.89. The number of carbonyl (C=O) groups excluding carboxylic acids is 1. The molecule has 0 bridgehead atoms. The Labute approximate surface area is 177 Å². The summed E-state index contributed by atoms with van der Waals surface area (Å²) < 4.78 is 40.2. The molecule has 0 aromatic heterocycles. The molecule has 160 valence electrons. The number of fused-ring (bicyclic) bond motifs is 3. The van der Waals surface area contributed by atoms with Gasteiger partial charge >= 0.3 is 5.97 Å². The van der Waals surface area contributed by atoms with Crippen molar-refractivity contribution in [2.75, 3.05) is 20.0 Å². The molecule has 30 heavy (non-hydrogen) atoms. The highest BCUT2D eigenvalue weighted by Gasteiger charge is 2.64. The topological polar surface area (TPSA) is 78.9 Å². The first-order chi connectivity index (χ1) is 14.3. The third-order valence-corrected chi connectivity index (χ3v) is 6.92. The molecule has 1 aliphatic carbocycles. The second-order valence-electron chi connectivity index (χ2n) is 8.05. The van der Waals surface area contributed by atoms with Gasteiger partial charge in [0, 0.05) is 0 Å². The molecular weight excluding hydrogens is 404 g/mol. The number of benzene rings is 2. The maximum Gasteiger partial charge on any atom is 0.315 e. The van der Waals surface area contributed by atoms with Gasteiger partial charge < -0.3 is 9.47 Å². The second-order valence-corrected chi connectivity index (χ2v) is 9.69. The van der Waals surface area contributed by atoms with Crippen LogP contribution in [0.15, 0.2) is 54.6 Å². The number of aryl methyl sites for hydroxylation is 1. The van der Waals surface area contributed by atoms with E-state index in [-0.39, 0.29) is 12.6 Å². The van der Waals surface area contributed by atoms with Crippen LogP contribution in [0.3, 0.4) is 0 Å². The summed E-state index contributed by atoms with van der Waals surface area (Å²) in [5.41, 5.74) is 0.910. The molecule has 0 spiro atoms. The Morgan fingerprint density at radius 3 is 2.50 bits per heavy atom. The molecule has 3 atom stereocenters. The molecule has 1 saturated heterocycles. The molecule has 2 aliphatic rings. The first-order valence-corrected chi connectivity index (χ1v) is 11.9. The van der Waals surface area contributed by atoms with Gasteiger partial charge in [-0.05, 0) is 42.4 Å². The van der Waals surface area contributed by atoms with Gasteiger partial charge in [0.05, 0.1) is 26.1 Å². The molecule has 1 fully saturated rings. The fraction of sp³-hybridized carbons (Fsp3) is 0.435. The smallest absolute Gasteiger partial charge is 0.315 e. The van der Waals surface area contributed by atoms with Crippen molar-refractivity contribution >= 4 is 16.1 Å². The minimum atomic E-state index is -3.61. The van der Waals surface area contributed by atoms with E-state index in [1.807, 2.05) is 48.5 Å². The van der Waals surface area contributed by atoms with Crippen molar-refractivity contribution < 1.29 is 26.9 Å². The molecule has 1 aliphatic heterocycles. The Kier molecular flexibility index (Phi) is 5.46. The Morgan fingerprint density at radius 1 is 1.10 bits per heavy atom. The molecule has 1 heterocycles. The summed E-state index contributed by atoms with van der Waals surface area (Å²) in [5, 5.41) is 0. The molecule has 0 radical (unpaired) electrons. The van der Waals surface area contributed by atoms with Crippen LogP contribution >= 0.6 is 0 Å². The van der Waals surface area contributed by atoms with Crippen molar-refractivity contribution in [2.24, 2.45) is 5.41 Å². The first kappa shape index (κ1) is 21.0.